The zero-order valence-electron chi connectivity index (χ0n) is 50.3. The van der Waals surface area contributed by atoms with Gasteiger partial charge in [0.15, 0.2) is 0 Å². The molecule has 75 heavy (non-hydrogen) atoms. The monoisotopic (exact) mass is 1070 g/mol. The molecule has 0 aliphatic carbocycles. The van der Waals surface area contributed by atoms with E-state index in [1.807, 2.05) is 21.1 Å². The summed E-state index contributed by atoms with van der Waals surface area (Å²) in [6.45, 7) is 4.81. The van der Waals surface area contributed by atoms with Crippen molar-refractivity contribution in [1.82, 2.24) is 5.32 Å². The first kappa shape index (κ1) is 73.2. The largest absolute Gasteiger partial charge is 0.472 e. The highest BCUT2D eigenvalue weighted by Gasteiger charge is 2.28. The average molecular weight is 1070 g/mol. The highest BCUT2D eigenvalue weighted by molar-refractivity contribution is 7.47. The molecule has 0 bridgehead atoms. The molecule has 8 nitrogen and oxygen atoms in total. The lowest BCUT2D eigenvalue weighted by molar-refractivity contribution is -0.870. The number of carbonyl (C=O) groups is 1. The Balaban J connectivity index is 4.11. The SMILES string of the molecule is CC/C=C\C/C=C\C/C=C\C/C=C\C/C=C\CCCCCCCCCCCCCC(=O)NC(COP(=O)(O)OCC[N+](C)(C)C)C(O)CCCCCCCCCCCCCCCCCCCCCCCCCCCC. The van der Waals surface area contributed by atoms with Crippen LogP contribution in [0.5, 0.6) is 0 Å². The minimum absolute atomic E-state index is 0.0728. The Hall–Kier alpha value is -1.80. The third-order valence-corrected chi connectivity index (χ3v) is 15.5. The molecule has 0 spiro atoms. The summed E-state index contributed by atoms with van der Waals surface area (Å²) in [5.74, 6) is -0.146. The van der Waals surface area contributed by atoms with E-state index in [4.69, 9.17) is 9.05 Å². The Bertz CT molecular complexity index is 1400. The van der Waals surface area contributed by atoms with Gasteiger partial charge in [-0.25, -0.2) is 4.57 Å². The van der Waals surface area contributed by atoms with Gasteiger partial charge in [-0.2, -0.15) is 0 Å². The summed E-state index contributed by atoms with van der Waals surface area (Å²) in [6, 6.07) is -0.766. The topological polar surface area (TPSA) is 105 Å². The van der Waals surface area contributed by atoms with Gasteiger partial charge in [0, 0.05) is 6.42 Å². The number of allylic oxidation sites excluding steroid dienone is 10. The third kappa shape index (κ3) is 59.7. The van der Waals surface area contributed by atoms with E-state index in [-0.39, 0.29) is 19.1 Å². The highest BCUT2D eigenvalue weighted by Crippen LogP contribution is 2.43. The van der Waals surface area contributed by atoms with Gasteiger partial charge >= 0.3 is 7.82 Å². The van der Waals surface area contributed by atoms with Crippen LogP contribution in [0.2, 0.25) is 0 Å². The number of amides is 1. The van der Waals surface area contributed by atoms with Gasteiger partial charge in [-0.1, -0.05) is 299 Å². The van der Waals surface area contributed by atoms with Crippen LogP contribution in [0, 0.1) is 0 Å². The molecule has 0 aromatic rings. The summed E-state index contributed by atoms with van der Waals surface area (Å²) in [5.41, 5.74) is 0. The summed E-state index contributed by atoms with van der Waals surface area (Å²) < 4.78 is 23.9. The number of aliphatic hydroxyl groups excluding tert-OH is 1. The quantitative estimate of drug-likeness (QED) is 0.0243. The smallest absolute Gasteiger partial charge is 0.391 e. The van der Waals surface area contributed by atoms with Gasteiger partial charge in [0.05, 0.1) is 39.9 Å². The summed E-state index contributed by atoms with van der Waals surface area (Å²) in [6.07, 6.45) is 77.2. The Morgan fingerprint density at radius 1 is 0.467 bits per heavy atom. The van der Waals surface area contributed by atoms with Crippen molar-refractivity contribution in [2.24, 2.45) is 0 Å². The van der Waals surface area contributed by atoms with E-state index in [2.05, 4.69) is 79.9 Å². The molecule has 3 atom stereocenters. The van der Waals surface area contributed by atoms with Crippen molar-refractivity contribution in [2.45, 2.75) is 315 Å². The van der Waals surface area contributed by atoms with Crippen molar-refractivity contribution in [3.63, 3.8) is 0 Å². The van der Waals surface area contributed by atoms with Crippen LogP contribution in [0.4, 0.5) is 0 Å². The molecule has 0 radical (unpaired) electrons. The zero-order valence-corrected chi connectivity index (χ0v) is 51.2. The van der Waals surface area contributed by atoms with E-state index in [1.54, 1.807) is 0 Å². The molecule has 0 fully saturated rings. The van der Waals surface area contributed by atoms with Crippen molar-refractivity contribution in [3.8, 4) is 0 Å². The van der Waals surface area contributed by atoms with Gasteiger partial charge in [0.2, 0.25) is 5.91 Å². The maximum absolute atomic E-state index is 13.0. The Morgan fingerprint density at radius 3 is 1.17 bits per heavy atom. The van der Waals surface area contributed by atoms with Gasteiger partial charge in [-0.15, -0.1) is 0 Å². The number of hydrogen-bond acceptors (Lipinski definition) is 5. The van der Waals surface area contributed by atoms with Crippen LogP contribution < -0.4 is 5.32 Å². The fourth-order valence-corrected chi connectivity index (χ4v) is 10.3. The summed E-state index contributed by atoms with van der Waals surface area (Å²) in [4.78, 5) is 23.4. The second kappa shape index (κ2) is 56.9. The van der Waals surface area contributed by atoms with Crippen LogP contribution in [0.1, 0.15) is 303 Å². The normalized spacial score (nSPS) is 14.2. The minimum Gasteiger partial charge on any atom is -0.391 e. The molecule has 0 aromatic carbocycles. The predicted octanol–water partition coefficient (Wildman–Crippen LogP) is 20.0. The first-order valence-corrected chi connectivity index (χ1v) is 33.6. The number of rotatable bonds is 59. The van der Waals surface area contributed by atoms with Crippen LogP contribution in [-0.2, 0) is 18.4 Å². The van der Waals surface area contributed by atoms with E-state index in [1.165, 1.54) is 205 Å². The molecule has 0 aliphatic rings. The molecular formula is C66H126N2O6P+. The van der Waals surface area contributed by atoms with Gasteiger partial charge in [-0.05, 0) is 57.8 Å². The van der Waals surface area contributed by atoms with Crippen molar-refractivity contribution in [3.05, 3.63) is 60.8 Å². The number of likely N-dealkylation sites (N-methyl/N-ethyl adjacent to an activating group) is 1. The Kier molecular flexibility index (Phi) is 55.5. The fraction of sp³-hybridized carbons (Fsp3) is 0.833. The van der Waals surface area contributed by atoms with Gasteiger partial charge < -0.3 is 19.8 Å². The molecule has 0 aliphatic heterocycles. The molecule has 3 unspecified atom stereocenters. The first-order chi connectivity index (χ1) is 36.5. The first-order valence-electron chi connectivity index (χ1n) is 32.2. The Labute approximate surface area is 466 Å². The molecule has 3 N–H and O–H groups in total. The molecular weight excluding hydrogens is 948 g/mol. The van der Waals surface area contributed by atoms with Gasteiger partial charge in [0.1, 0.15) is 13.2 Å². The number of nitrogens with zero attached hydrogens (tertiary/aromatic N) is 1. The van der Waals surface area contributed by atoms with Crippen molar-refractivity contribution in [2.75, 3.05) is 40.9 Å². The maximum Gasteiger partial charge on any atom is 0.472 e. The zero-order chi connectivity index (χ0) is 54.9. The van der Waals surface area contributed by atoms with Crippen LogP contribution in [-0.4, -0.2) is 73.4 Å². The number of phosphoric ester groups is 1. The number of nitrogens with one attached hydrogen (secondary N) is 1. The lowest BCUT2D eigenvalue weighted by atomic mass is 10.0. The maximum atomic E-state index is 13.0. The van der Waals surface area contributed by atoms with Crippen LogP contribution in [0.25, 0.3) is 0 Å². The summed E-state index contributed by atoms with van der Waals surface area (Å²) in [5, 5.41) is 14.1. The molecule has 0 saturated carbocycles. The van der Waals surface area contributed by atoms with Crippen molar-refractivity contribution >= 4 is 13.7 Å². The highest BCUT2D eigenvalue weighted by atomic mass is 31.2. The number of carbonyl (C=O) groups excluding carboxylic acids is 1. The second-order valence-corrected chi connectivity index (χ2v) is 24.6. The second-order valence-electron chi connectivity index (χ2n) is 23.1. The number of phosphoric acid groups is 1. The lowest BCUT2D eigenvalue weighted by Crippen LogP contribution is -2.46. The van der Waals surface area contributed by atoms with E-state index in [9.17, 15) is 19.4 Å². The van der Waals surface area contributed by atoms with Crippen LogP contribution in [0.3, 0.4) is 0 Å². The molecule has 0 rings (SSSR count). The van der Waals surface area contributed by atoms with Crippen molar-refractivity contribution in [1.29, 1.82) is 0 Å². The van der Waals surface area contributed by atoms with Crippen LogP contribution in [0.15, 0.2) is 60.8 Å². The Morgan fingerprint density at radius 2 is 0.800 bits per heavy atom. The minimum atomic E-state index is -4.33. The molecule has 9 heteroatoms. The lowest BCUT2D eigenvalue weighted by Gasteiger charge is -2.26. The van der Waals surface area contributed by atoms with Gasteiger partial charge in [-0.3, -0.25) is 13.8 Å². The van der Waals surface area contributed by atoms with E-state index < -0.39 is 20.0 Å². The van der Waals surface area contributed by atoms with E-state index in [0.29, 0.717) is 23.9 Å². The van der Waals surface area contributed by atoms with Crippen LogP contribution >= 0.6 is 7.82 Å². The molecule has 0 saturated heterocycles. The number of unbranched alkanes of at least 4 members (excludes halogenated alkanes) is 36. The molecule has 440 valence electrons. The van der Waals surface area contributed by atoms with Crippen molar-refractivity contribution < 1.29 is 32.9 Å². The standard InChI is InChI=1S/C66H125N2O6P/c1-6-8-10-12-14-16-18-20-22-24-26-28-30-32-34-36-38-40-42-44-46-48-50-52-54-56-58-60-66(70)67-64(63-74-75(71,72)73-62-61-68(3,4)5)65(69)59-57-55-53-51-49-47-45-43-41-39-37-35-33-31-29-27-25-23-21-19-17-15-13-11-9-7-2/h8,10,14,16,20,22,26,28,32,34,64-65,69H,6-7,9,11-13,15,17-19,21,23-25,27,29-31,33,35-63H2,1-5H3,(H-,67,70,71,72)/p+1/b10-8-,16-14-,22-20-,28-26-,34-32-. The summed E-state index contributed by atoms with van der Waals surface area (Å²) >= 11 is 0. The molecule has 0 aromatic heterocycles. The van der Waals surface area contributed by atoms with E-state index >= 15 is 0 Å². The fourth-order valence-electron chi connectivity index (χ4n) is 9.55. The molecule has 0 heterocycles. The summed E-state index contributed by atoms with van der Waals surface area (Å²) in [7, 11) is 1.62. The average Bonchev–Trinajstić information content (AvgIpc) is 3.37. The number of aliphatic hydroxyl groups is 1. The van der Waals surface area contributed by atoms with E-state index in [0.717, 1.165) is 70.6 Å². The molecule has 1 amide bonds. The van der Waals surface area contributed by atoms with Gasteiger partial charge in [0.25, 0.3) is 0 Å². The number of quaternary nitrogens is 1. The predicted molar refractivity (Wildman–Crippen MR) is 327 cm³/mol. The third-order valence-electron chi connectivity index (χ3n) is 14.5. The number of hydrogen-bond donors (Lipinski definition) is 3.